The summed E-state index contributed by atoms with van der Waals surface area (Å²) in [6, 6.07) is 16.9. The highest BCUT2D eigenvalue weighted by atomic mass is 32.2. The van der Waals surface area contributed by atoms with Crippen LogP contribution in [0.25, 0.3) is 11.4 Å². The van der Waals surface area contributed by atoms with Crippen molar-refractivity contribution in [2.75, 3.05) is 18.9 Å². The summed E-state index contributed by atoms with van der Waals surface area (Å²) in [7, 11) is 2.04. The molecule has 0 fully saturated rings. The molecule has 2 heterocycles. The van der Waals surface area contributed by atoms with Gasteiger partial charge in [0.1, 0.15) is 5.75 Å². The van der Waals surface area contributed by atoms with Gasteiger partial charge in [0.2, 0.25) is 0 Å². The van der Waals surface area contributed by atoms with Crippen LogP contribution in [0.5, 0.6) is 5.75 Å². The number of ether oxygens (including phenoxy) is 1. The molecule has 0 aliphatic carbocycles. The lowest BCUT2D eigenvalue weighted by molar-refractivity contribution is 0.340. The second-order valence-corrected chi connectivity index (χ2v) is 11.1. The summed E-state index contributed by atoms with van der Waals surface area (Å²) < 4.78 is 7.62. The van der Waals surface area contributed by atoms with Crippen molar-refractivity contribution in [3.63, 3.8) is 0 Å². The van der Waals surface area contributed by atoms with Crippen LogP contribution in [0, 0.1) is 0 Å². The number of rotatable bonds is 7. The molecule has 0 spiro atoms. The lowest BCUT2D eigenvalue weighted by Crippen LogP contribution is -2.10. The van der Waals surface area contributed by atoms with Gasteiger partial charge in [-0.05, 0) is 42.2 Å². The molecule has 168 valence electrons. The van der Waals surface area contributed by atoms with Gasteiger partial charge in [-0.2, -0.15) is 0 Å². The maximum absolute atomic E-state index is 5.53. The third kappa shape index (κ3) is 5.21. The van der Waals surface area contributed by atoms with Gasteiger partial charge in [-0.25, -0.2) is 0 Å². The minimum Gasteiger partial charge on any atom is -0.494 e. The van der Waals surface area contributed by atoms with Gasteiger partial charge in [0.15, 0.2) is 11.0 Å². The molecule has 3 aromatic rings. The molecule has 1 aromatic heterocycles. The zero-order chi connectivity index (χ0) is 22.7. The molecule has 1 aliphatic rings. The van der Waals surface area contributed by atoms with E-state index in [0.717, 1.165) is 45.2 Å². The predicted octanol–water partition coefficient (Wildman–Crippen LogP) is 5.83. The quantitative estimate of drug-likeness (QED) is 0.410. The molecule has 0 unspecified atom stereocenters. The minimum atomic E-state index is 0.143. The number of aromatic nitrogens is 3. The summed E-state index contributed by atoms with van der Waals surface area (Å²) in [5.41, 5.74) is 3.71. The Balaban J connectivity index is 1.35. The maximum Gasteiger partial charge on any atom is 0.191 e. The van der Waals surface area contributed by atoms with E-state index >= 15 is 0 Å². The van der Waals surface area contributed by atoms with Gasteiger partial charge in [0.05, 0.1) is 18.2 Å². The first-order valence-electron chi connectivity index (χ1n) is 10.9. The maximum atomic E-state index is 5.53. The molecule has 32 heavy (non-hydrogen) atoms. The molecule has 1 aliphatic heterocycles. The lowest BCUT2D eigenvalue weighted by Gasteiger charge is -2.19. The molecule has 0 radical (unpaired) electrons. The average Bonchev–Trinajstić information content (AvgIpc) is 3.39. The lowest BCUT2D eigenvalue weighted by atomic mass is 9.87. The average molecular weight is 467 g/mol. The fraction of sp³-hybridized carbons (Fsp3) is 0.400. The first kappa shape index (κ1) is 22.9. The number of aliphatic imine (C=N–C) groups is 1. The highest BCUT2D eigenvalue weighted by Gasteiger charge is 2.22. The second kappa shape index (κ2) is 9.71. The van der Waals surface area contributed by atoms with Crippen LogP contribution >= 0.6 is 23.5 Å². The second-order valence-electron chi connectivity index (χ2n) is 8.85. The monoisotopic (exact) mass is 466 g/mol. The topological polar surface area (TPSA) is 52.3 Å². The smallest absolute Gasteiger partial charge is 0.191 e. The van der Waals surface area contributed by atoms with Crippen molar-refractivity contribution < 1.29 is 4.74 Å². The van der Waals surface area contributed by atoms with Gasteiger partial charge in [-0.15, -0.1) is 22.0 Å². The van der Waals surface area contributed by atoms with Crippen molar-refractivity contribution in [1.29, 1.82) is 0 Å². The summed E-state index contributed by atoms with van der Waals surface area (Å²) in [6.45, 7) is 10.2. The van der Waals surface area contributed by atoms with Gasteiger partial charge in [0.25, 0.3) is 0 Å². The van der Waals surface area contributed by atoms with Gasteiger partial charge in [-0.3, -0.25) is 4.99 Å². The molecule has 4 rings (SSSR count). The minimum absolute atomic E-state index is 0.143. The number of hydrogen-bond donors (Lipinski definition) is 0. The van der Waals surface area contributed by atoms with E-state index < -0.39 is 0 Å². The highest BCUT2D eigenvalue weighted by molar-refractivity contribution is 8.16. The van der Waals surface area contributed by atoms with E-state index in [-0.39, 0.29) is 5.41 Å². The standard InChI is InChI=1S/C25H30N4OS2/c1-6-30-20-13-9-18(10-14-20)23-26-15-21(32-23)16-31-24-28-27-22(29(24)5)17-7-11-19(12-8-17)25(2,3)4/h7-14,21H,6,15-16H2,1-5H3/t21-/m0/s1. The van der Waals surface area contributed by atoms with Crippen LogP contribution in [-0.4, -0.2) is 44.0 Å². The first-order valence-corrected chi connectivity index (χ1v) is 12.8. The van der Waals surface area contributed by atoms with Gasteiger partial charge in [0, 0.05) is 29.2 Å². The van der Waals surface area contributed by atoms with Crippen molar-refractivity contribution in [2.24, 2.45) is 12.0 Å². The number of benzene rings is 2. The molecule has 0 amide bonds. The van der Waals surface area contributed by atoms with E-state index in [1.54, 1.807) is 11.8 Å². The number of nitrogens with zero attached hydrogens (tertiary/aromatic N) is 4. The summed E-state index contributed by atoms with van der Waals surface area (Å²) in [4.78, 5) is 4.76. The van der Waals surface area contributed by atoms with Gasteiger partial charge >= 0.3 is 0 Å². The molecule has 5 nitrogen and oxygen atoms in total. The Bertz CT molecular complexity index is 1080. The SMILES string of the molecule is CCOc1ccc(C2=NC[C@@H](CSc3nnc(-c4ccc(C(C)(C)C)cc4)n3C)S2)cc1. The number of thioether (sulfide) groups is 2. The normalized spacial score (nSPS) is 16.3. The fourth-order valence-electron chi connectivity index (χ4n) is 3.50. The third-order valence-corrected chi connectivity index (χ3v) is 8.00. The molecule has 0 bridgehead atoms. The van der Waals surface area contributed by atoms with Crippen LogP contribution in [0.1, 0.15) is 38.8 Å². The molecule has 2 aromatic carbocycles. The third-order valence-electron chi connectivity index (χ3n) is 5.37. The van der Waals surface area contributed by atoms with E-state index in [1.165, 1.54) is 5.56 Å². The Morgan fingerprint density at radius 1 is 1.03 bits per heavy atom. The Kier molecular flexibility index (Phi) is 6.96. The van der Waals surface area contributed by atoms with Crippen LogP contribution in [0.15, 0.2) is 58.7 Å². The Labute approximate surface area is 199 Å². The molecule has 0 N–H and O–H groups in total. The zero-order valence-corrected chi connectivity index (χ0v) is 21.0. The largest absolute Gasteiger partial charge is 0.494 e. The summed E-state index contributed by atoms with van der Waals surface area (Å²) in [5, 5.41) is 11.4. The predicted molar refractivity (Wildman–Crippen MR) is 136 cm³/mol. The Morgan fingerprint density at radius 2 is 1.72 bits per heavy atom. The van der Waals surface area contributed by atoms with Crippen molar-refractivity contribution in [3.8, 4) is 17.1 Å². The molecule has 7 heteroatoms. The summed E-state index contributed by atoms with van der Waals surface area (Å²) >= 11 is 3.59. The van der Waals surface area contributed by atoms with Gasteiger partial charge in [-0.1, -0.05) is 56.8 Å². The van der Waals surface area contributed by atoms with E-state index in [1.807, 2.05) is 37.9 Å². The van der Waals surface area contributed by atoms with Crippen LogP contribution in [-0.2, 0) is 12.5 Å². The highest BCUT2D eigenvalue weighted by Crippen LogP contribution is 2.32. The first-order chi connectivity index (χ1) is 15.3. The molecular weight excluding hydrogens is 436 g/mol. The fourth-order valence-corrected chi connectivity index (χ4v) is 5.68. The molecule has 0 saturated carbocycles. The van der Waals surface area contributed by atoms with E-state index in [4.69, 9.17) is 9.73 Å². The Hall–Kier alpha value is -2.25. The molecular formula is C25H30N4OS2. The zero-order valence-electron chi connectivity index (χ0n) is 19.3. The molecule has 1 atom stereocenters. The van der Waals surface area contributed by atoms with E-state index in [2.05, 4.69) is 71.9 Å². The van der Waals surface area contributed by atoms with Gasteiger partial charge < -0.3 is 9.30 Å². The van der Waals surface area contributed by atoms with Crippen LogP contribution in [0.3, 0.4) is 0 Å². The summed E-state index contributed by atoms with van der Waals surface area (Å²) in [6.07, 6.45) is 0. The Morgan fingerprint density at radius 3 is 2.38 bits per heavy atom. The van der Waals surface area contributed by atoms with E-state index in [0.29, 0.717) is 11.9 Å². The molecule has 0 saturated heterocycles. The van der Waals surface area contributed by atoms with Crippen molar-refractivity contribution in [2.45, 2.75) is 43.5 Å². The van der Waals surface area contributed by atoms with Crippen molar-refractivity contribution >= 4 is 28.6 Å². The van der Waals surface area contributed by atoms with Crippen LogP contribution < -0.4 is 4.74 Å². The number of hydrogen-bond acceptors (Lipinski definition) is 6. The summed E-state index contributed by atoms with van der Waals surface area (Å²) in [5.74, 6) is 2.75. The van der Waals surface area contributed by atoms with Crippen molar-refractivity contribution in [1.82, 2.24) is 14.8 Å². The van der Waals surface area contributed by atoms with E-state index in [9.17, 15) is 0 Å². The van der Waals surface area contributed by atoms with Crippen LogP contribution in [0.4, 0.5) is 0 Å². The van der Waals surface area contributed by atoms with Crippen molar-refractivity contribution in [3.05, 3.63) is 59.7 Å². The van der Waals surface area contributed by atoms with Crippen LogP contribution in [0.2, 0.25) is 0 Å².